The third-order valence-corrected chi connectivity index (χ3v) is 4.49. The summed E-state index contributed by atoms with van der Waals surface area (Å²) in [5.74, 6) is 0. The number of anilines is 1. The lowest BCUT2D eigenvalue weighted by Crippen LogP contribution is -2.42. The van der Waals surface area contributed by atoms with Gasteiger partial charge in [0.1, 0.15) is 0 Å². The maximum atomic E-state index is 12.9. The number of hydrogen-bond acceptors (Lipinski definition) is 2. The van der Waals surface area contributed by atoms with Gasteiger partial charge < -0.3 is 10.2 Å². The minimum absolute atomic E-state index is 0.0956. The van der Waals surface area contributed by atoms with E-state index in [4.69, 9.17) is 0 Å². The summed E-state index contributed by atoms with van der Waals surface area (Å²) < 4.78 is 38.9. The van der Waals surface area contributed by atoms with Crippen LogP contribution in [-0.2, 0) is 6.18 Å². The molecule has 0 amide bonds. The molecule has 0 aromatic heterocycles. The first-order valence-electron chi connectivity index (χ1n) is 7.27. The fraction of sp³-hybridized carbons (Fsp3) is 0.600. The lowest BCUT2D eigenvalue weighted by molar-refractivity contribution is -0.138. The topological polar surface area (TPSA) is 15.3 Å². The number of hydrogen-bond donors (Lipinski definition) is 1. The average Bonchev–Trinajstić information content (AvgIpc) is 2.45. The molecule has 0 spiro atoms. The van der Waals surface area contributed by atoms with Gasteiger partial charge in [0.2, 0.25) is 0 Å². The Balaban J connectivity index is 2.04. The standard InChI is InChI=1S/C15H20BrF3N2/c1-2-7-20-11-5-8-21(9-6-11)12-3-4-14(16)13(10-12)15(17,18)19/h3-4,10-11,20H,2,5-9H2,1H3. The van der Waals surface area contributed by atoms with E-state index in [1.54, 1.807) is 6.07 Å². The summed E-state index contributed by atoms with van der Waals surface area (Å²) >= 11 is 2.98. The monoisotopic (exact) mass is 364 g/mol. The van der Waals surface area contributed by atoms with Crippen LogP contribution >= 0.6 is 15.9 Å². The minimum atomic E-state index is -4.32. The van der Waals surface area contributed by atoms with Gasteiger partial charge in [-0.1, -0.05) is 22.9 Å². The van der Waals surface area contributed by atoms with Crippen LogP contribution in [0, 0.1) is 0 Å². The Morgan fingerprint density at radius 3 is 2.52 bits per heavy atom. The first-order chi connectivity index (χ1) is 9.91. The maximum absolute atomic E-state index is 12.9. The van der Waals surface area contributed by atoms with Crippen molar-refractivity contribution in [1.82, 2.24) is 5.32 Å². The second-order valence-corrected chi connectivity index (χ2v) is 6.23. The quantitative estimate of drug-likeness (QED) is 0.849. The summed E-state index contributed by atoms with van der Waals surface area (Å²) in [6.45, 7) is 4.71. The van der Waals surface area contributed by atoms with Crippen LogP contribution in [0.15, 0.2) is 22.7 Å². The molecule has 0 unspecified atom stereocenters. The first kappa shape index (κ1) is 16.6. The van der Waals surface area contributed by atoms with E-state index in [2.05, 4.69) is 28.2 Å². The van der Waals surface area contributed by atoms with Gasteiger partial charge in [-0.05, 0) is 44.0 Å². The Kier molecular flexibility index (Phi) is 5.54. The number of nitrogens with one attached hydrogen (secondary N) is 1. The van der Waals surface area contributed by atoms with Gasteiger partial charge in [-0.2, -0.15) is 13.2 Å². The van der Waals surface area contributed by atoms with Crippen molar-refractivity contribution in [3.63, 3.8) is 0 Å². The summed E-state index contributed by atoms with van der Waals surface area (Å²) in [5, 5.41) is 3.47. The third-order valence-electron chi connectivity index (χ3n) is 3.80. The molecule has 0 saturated carbocycles. The number of nitrogens with zero attached hydrogens (tertiary/aromatic N) is 1. The molecule has 118 valence electrons. The van der Waals surface area contributed by atoms with Gasteiger partial charge in [0, 0.05) is 29.3 Å². The van der Waals surface area contributed by atoms with Gasteiger partial charge >= 0.3 is 6.18 Å². The molecule has 0 radical (unpaired) electrons. The highest BCUT2D eigenvalue weighted by Crippen LogP contribution is 2.37. The number of benzene rings is 1. The molecule has 1 aliphatic rings. The van der Waals surface area contributed by atoms with Crippen LogP contribution < -0.4 is 10.2 Å². The summed E-state index contributed by atoms with van der Waals surface area (Å²) in [6.07, 6.45) is -1.29. The van der Waals surface area contributed by atoms with Crippen molar-refractivity contribution in [3.05, 3.63) is 28.2 Å². The van der Waals surface area contributed by atoms with Crippen LogP contribution in [0.5, 0.6) is 0 Å². The van der Waals surface area contributed by atoms with Gasteiger partial charge in [-0.3, -0.25) is 0 Å². The van der Waals surface area contributed by atoms with Gasteiger partial charge in [-0.15, -0.1) is 0 Å². The van der Waals surface area contributed by atoms with E-state index in [0.717, 1.165) is 38.9 Å². The molecule has 1 aromatic carbocycles. The Morgan fingerprint density at radius 2 is 1.95 bits per heavy atom. The SMILES string of the molecule is CCCNC1CCN(c2ccc(Br)c(C(F)(F)F)c2)CC1. The zero-order valence-electron chi connectivity index (χ0n) is 12.0. The molecule has 1 heterocycles. The van der Waals surface area contributed by atoms with Crippen LogP contribution in [0.1, 0.15) is 31.7 Å². The van der Waals surface area contributed by atoms with Crippen molar-refractivity contribution in [2.24, 2.45) is 0 Å². The second kappa shape index (κ2) is 7.01. The van der Waals surface area contributed by atoms with E-state index >= 15 is 0 Å². The molecule has 1 aromatic rings. The molecule has 0 bridgehead atoms. The summed E-state index contributed by atoms with van der Waals surface area (Å²) in [7, 11) is 0. The highest BCUT2D eigenvalue weighted by Gasteiger charge is 2.33. The third kappa shape index (κ3) is 4.36. The zero-order valence-corrected chi connectivity index (χ0v) is 13.6. The highest BCUT2D eigenvalue weighted by atomic mass is 79.9. The fourth-order valence-corrected chi connectivity index (χ4v) is 3.09. The molecule has 0 aliphatic carbocycles. The predicted octanol–water partition coefficient (Wildman–Crippen LogP) is 4.44. The predicted molar refractivity (Wildman–Crippen MR) is 82.7 cm³/mol. The van der Waals surface area contributed by atoms with Crippen molar-refractivity contribution in [3.8, 4) is 0 Å². The van der Waals surface area contributed by atoms with Gasteiger partial charge in [0.25, 0.3) is 0 Å². The smallest absolute Gasteiger partial charge is 0.371 e. The van der Waals surface area contributed by atoms with Crippen molar-refractivity contribution in [1.29, 1.82) is 0 Å². The van der Waals surface area contributed by atoms with Crippen LogP contribution in [0.25, 0.3) is 0 Å². The van der Waals surface area contributed by atoms with E-state index in [-0.39, 0.29) is 4.47 Å². The van der Waals surface area contributed by atoms with Crippen LogP contribution in [-0.4, -0.2) is 25.7 Å². The molecule has 21 heavy (non-hydrogen) atoms. The summed E-state index contributed by atoms with van der Waals surface area (Å²) in [4.78, 5) is 2.03. The molecular weight excluding hydrogens is 345 g/mol. The molecular formula is C15H20BrF3N2. The number of rotatable bonds is 4. The van der Waals surface area contributed by atoms with Crippen molar-refractivity contribution in [2.45, 2.75) is 38.4 Å². The van der Waals surface area contributed by atoms with E-state index in [1.807, 2.05) is 4.90 Å². The summed E-state index contributed by atoms with van der Waals surface area (Å²) in [5.41, 5.74) is 0.0469. The molecule has 6 heteroatoms. The number of halogens is 4. The Hall–Kier alpha value is -0.750. The molecule has 1 aliphatic heterocycles. The normalized spacial score (nSPS) is 17.3. The lowest BCUT2D eigenvalue weighted by atomic mass is 10.0. The zero-order chi connectivity index (χ0) is 15.5. The van der Waals surface area contributed by atoms with Crippen LogP contribution in [0.2, 0.25) is 0 Å². The van der Waals surface area contributed by atoms with E-state index < -0.39 is 11.7 Å². The maximum Gasteiger partial charge on any atom is 0.417 e. The average molecular weight is 365 g/mol. The van der Waals surface area contributed by atoms with E-state index in [1.165, 1.54) is 12.1 Å². The van der Waals surface area contributed by atoms with Crippen molar-refractivity contribution < 1.29 is 13.2 Å². The Labute approximate surface area is 131 Å². The highest BCUT2D eigenvalue weighted by molar-refractivity contribution is 9.10. The molecule has 1 N–H and O–H groups in total. The number of piperidine rings is 1. The van der Waals surface area contributed by atoms with Gasteiger partial charge in [0.15, 0.2) is 0 Å². The van der Waals surface area contributed by atoms with Gasteiger partial charge in [-0.25, -0.2) is 0 Å². The van der Waals surface area contributed by atoms with Crippen LogP contribution in [0.3, 0.4) is 0 Å². The van der Waals surface area contributed by atoms with Crippen molar-refractivity contribution in [2.75, 3.05) is 24.5 Å². The number of alkyl halides is 3. The van der Waals surface area contributed by atoms with Gasteiger partial charge in [0.05, 0.1) is 5.56 Å². The second-order valence-electron chi connectivity index (χ2n) is 5.38. The van der Waals surface area contributed by atoms with E-state index in [0.29, 0.717) is 11.7 Å². The molecule has 2 rings (SSSR count). The van der Waals surface area contributed by atoms with Crippen LogP contribution in [0.4, 0.5) is 18.9 Å². The molecule has 2 nitrogen and oxygen atoms in total. The lowest BCUT2D eigenvalue weighted by Gasteiger charge is -2.34. The minimum Gasteiger partial charge on any atom is -0.371 e. The molecule has 0 atom stereocenters. The summed E-state index contributed by atoms with van der Waals surface area (Å²) in [6, 6.07) is 4.96. The Morgan fingerprint density at radius 1 is 1.29 bits per heavy atom. The molecule has 1 saturated heterocycles. The fourth-order valence-electron chi connectivity index (χ4n) is 2.62. The first-order valence-corrected chi connectivity index (χ1v) is 8.06. The van der Waals surface area contributed by atoms with Crippen molar-refractivity contribution >= 4 is 21.6 Å². The Bertz CT molecular complexity index is 468. The largest absolute Gasteiger partial charge is 0.417 e. The molecule has 1 fully saturated rings. The van der Waals surface area contributed by atoms with E-state index in [9.17, 15) is 13.2 Å².